The van der Waals surface area contributed by atoms with E-state index in [0.29, 0.717) is 6.42 Å². The van der Waals surface area contributed by atoms with Crippen LogP contribution in [0.15, 0.2) is 0 Å². The molecule has 0 saturated heterocycles. The van der Waals surface area contributed by atoms with Crippen molar-refractivity contribution in [2.45, 2.75) is 32.6 Å². The minimum Gasteiger partial charge on any atom is -0.375 e. The number of hydrogen-bond acceptors (Lipinski definition) is 2. The third kappa shape index (κ3) is 7.60. The number of rotatable bonds is 7. The van der Waals surface area contributed by atoms with Crippen LogP contribution in [-0.4, -0.2) is 25.4 Å². The summed E-state index contributed by atoms with van der Waals surface area (Å²) >= 11 is 0. The lowest BCUT2D eigenvalue weighted by Crippen LogP contribution is -2.08. The summed E-state index contributed by atoms with van der Waals surface area (Å²) in [4.78, 5) is 10.8. The maximum atomic E-state index is 11.5. The normalized spacial score (nSPS) is 10.7. The molecule has 0 saturated carbocycles. The maximum Gasteiger partial charge on any atom is 0.261 e. The lowest BCUT2D eigenvalue weighted by molar-refractivity contribution is -0.120. The molecule has 0 heterocycles. The van der Waals surface area contributed by atoms with Gasteiger partial charge in [0, 0.05) is 12.8 Å². The average Bonchev–Trinajstić information content (AvgIpc) is 1.98. The summed E-state index contributed by atoms with van der Waals surface area (Å²) in [5.74, 6) is 0.0757. The van der Waals surface area contributed by atoms with Crippen LogP contribution in [0.2, 0.25) is 0 Å². The molecule has 0 aliphatic carbocycles. The Morgan fingerprint density at radius 3 is 2.58 bits per heavy atom. The first-order valence-corrected chi connectivity index (χ1v) is 4.04. The van der Waals surface area contributed by atoms with Gasteiger partial charge < -0.3 is 4.74 Å². The molecule has 0 rings (SSSR count). The number of halogens is 2. The monoisotopic (exact) mass is 180 g/mol. The van der Waals surface area contributed by atoms with E-state index in [9.17, 15) is 13.6 Å². The number of carbonyl (C=O) groups is 1. The topological polar surface area (TPSA) is 26.3 Å². The van der Waals surface area contributed by atoms with Gasteiger partial charge in [-0.2, -0.15) is 0 Å². The summed E-state index contributed by atoms with van der Waals surface area (Å²) in [5.41, 5.74) is 0. The van der Waals surface area contributed by atoms with Gasteiger partial charge in [-0.25, -0.2) is 8.78 Å². The lowest BCUT2D eigenvalue weighted by Gasteiger charge is -2.01. The second kappa shape index (κ2) is 7.16. The Kier molecular flexibility index (Phi) is 6.85. The van der Waals surface area contributed by atoms with Gasteiger partial charge in [0.25, 0.3) is 6.43 Å². The Labute approximate surface area is 70.9 Å². The third-order valence-corrected chi connectivity index (χ3v) is 1.30. The molecule has 0 aromatic rings. The molecular formula is C8H14F2O2. The summed E-state index contributed by atoms with van der Waals surface area (Å²) in [5, 5.41) is 0. The highest BCUT2D eigenvalue weighted by atomic mass is 19.3. The van der Waals surface area contributed by atoms with E-state index in [4.69, 9.17) is 0 Å². The Morgan fingerprint density at radius 2 is 2.08 bits per heavy atom. The zero-order chi connectivity index (χ0) is 9.40. The smallest absolute Gasteiger partial charge is 0.261 e. The van der Waals surface area contributed by atoms with Crippen LogP contribution in [0.4, 0.5) is 8.78 Å². The van der Waals surface area contributed by atoms with Crippen LogP contribution in [0, 0.1) is 0 Å². The van der Waals surface area contributed by atoms with Gasteiger partial charge in [0.15, 0.2) is 0 Å². The summed E-state index contributed by atoms with van der Waals surface area (Å²) in [6.45, 7) is 1.44. The number of Topliss-reactive ketones (excluding diaryl/α,β-unsaturated/α-hetero) is 1. The molecule has 0 N–H and O–H groups in total. The van der Waals surface area contributed by atoms with Crippen molar-refractivity contribution in [1.82, 2.24) is 0 Å². The van der Waals surface area contributed by atoms with E-state index in [2.05, 4.69) is 4.74 Å². The van der Waals surface area contributed by atoms with Crippen molar-refractivity contribution in [3.8, 4) is 0 Å². The van der Waals surface area contributed by atoms with Crippen LogP contribution >= 0.6 is 0 Å². The van der Waals surface area contributed by atoms with E-state index in [1.54, 1.807) is 0 Å². The fraction of sp³-hybridized carbons (Fsp3) is 0.875. The minimum atomic E-state index is -2.44. The SMILES string of the molecule is CCCC(=O)CCOCC(F)F. The molecule has 0 fully saturated rings. The number of ether oxygens (including phenoxy) is 1. The third-order valence-electron chi connectivity index (χ3n) is 1.30. The van der Waals surface area contributed by atoms with E-state index in [0.717, 1.165) is 6.42 Å². The van der Waals surface area contributed by atoms with Crippen LogP contribution in [0.3, 0.4) is 0 Å². The maximum absolute atomic E-state index is 11.5. The molecule has 4 heteroatoms. The van der Waals surface area contributed by atoms with Crippen LogP contribution < -0.4 is 0 Å². The second-order valence-corrected chi connectivity index (χ2v) is 2.50. The van der Waals surface area contributed by atoms with Gasteiger partial charge in [-0.15, -0.1) is 0 Å². The molecule has 72 valence electrons. The largest absolute Gasteiger partial charge is 0.375 e. The van der Waals surface area contributed by atoms with Gasteiger partial charge >= 0.3 is 0 Å². The van der Waals surface area contributed by atoms with E-state index < -0.39 is 13.0 Å². The average molecular weight is 180 g/mol. The molecule has 0 amide bonds. The predicted octanol–water partition coefficient (Wildman–Crippen LogP) is 2.03. The molecule has 0 aromatic carbocycles. The van der Waals surface area contributed by atoms with Crippen LogP contribution in [0.25, 0.3) is 0 Å². The number of ketones is 1. The van der Waals surface area contributed by atoms with E-state index in [-0.39, 0.29) is 18.8 Å². The number of alkyl halides is 2. The highest BCUT2D eigenvalue weighted by molar-refractivity contribution is 5.78. The molecule has 0 atom stereocenters. The van der Waals surface area contributed by atoms with Crippen molar-refractivity contribution < 1.29 is 18.3 Å². The van der Waals surface area contributed by atoms with Crippen LogP contribution in [0.5, 0.6) is 0 Å². The molecule has 12 heavy (non-hydrogen) atoms. The summed E-state index contributed by atoms with van der Waals surface area (Å²) in [6.07, 6.45) is -0.877. The van der Waals surface area contributed by atoms with Gasteiger partial charge in [0.1, 0.15) is 12.4 Å². The predicted molar refractivity (Wildman–Crippen MR) is 41.4 cm³/mol. The van der Waals surface area contributed by atoms with Gasteiger partial charge in [0.05, 0.1) is 6.61 Å². The first kappa shape index (κ1) is 11.5. The van der Waals surface area contributed by atoms with Crippen LogP contribution in [-0.2, 0) is 9.53 Å². The lowest BCUT2D eigenvalue weighted by atomic mass is 10.2. The van der Waals surface area contributed by atoms with E-state index >= 15 is 0 Å². The highest BCUT2D eigenvalue weighted by Gasteiger charge is 2.03. The Balaban J connectivity index is 3.14. The molecular weight excluding hydrogens is 166 g/mol. The summed E-state index contributed by atoms with van der Waals surface area (Å²) in [7, 11) is 0. The fourth-order valence-electron chi connectivity index (χ4n) is 0.762. The Bertz CT molecular complexity index is 126. The van der Waals surface area contributed by atoms with Gasteiger partial charge in [-0.3, -0.25) is 4.79 Å². The van der Waals surface area contributed by atoms with E-state index in [1.807, 2.05) is 6.92 Å². The molecule has 0 bridgehead atoms. The van der Waals surface area contributed by atoms with Crippen molar-refractivity contribution in [3.63, 3.8) is 0 Å². The van der Waals surface area contributed by atoms with Gasteiger partial charge in [-0.05, 0) is 6.42 Å². The van der Waals surface area contributed by atoms with Crippen molar-refractivity contribution >= 4 is 5.78 Å². The van der Waals surface area contributed by atoms with Gasteiger partial charge in [0.2, 0.25) is 0 Å². The molecule has 0 aromatic heterocycles. The Morgan fingerprint density at radius 1 is 1.42 bits per heavy atom. The van der Waals surface area contributed by atoms with Crippen molar-refractivity contribution in [3.05, 3.63) is 0 Å². The number of carbonyl (C=O) groups excluding carboxylic acids is 1. The Hall–Kier alpha value is -0.510. The van der Waals surface area contributed by atoms with E-state index in [1.165, 1.54) is 0 Å². The van der Waals surface area contributed by atoms with Crippen molar-refractivity contribution in [2.75, 3.05) is 13.2 Å². The molecule has 2 nitrogen and oxygen atoms in total. The van der Waals surface area contributed by atoms with Gasteiger partial charge in [-0.1, -0.05) is 6.92 Å². The van der Waals surface area contributed by atoms with Crippen LogP contribution in [0.1, 0.15) is 26.2 Å². The molecule has 0 aliphatic rings. The zero-order valence-electron chi connectivity index (χ0n) is 7.19. The molecule has 0 unspecified atom stereocenters. The molecule has 0 aliphatic heterocycles. The summed E-state index contributed by atoms with van der Waals surface area (Å²) < 4.78 is 27.5. The van der Waals surface area contributed by atoms with Crippen molar-refractivity contribution in [1.29, 1.82) is 0 Å². The highest BCUT2D eigenvalue weighted by Crippen LogP contribution is 1.97. The standard InChI is InChI=1S/C8H14F2O2/c1-2-3-7(11)4-5-12-6-8(9)10/h8H,2-6H2,1H3. The zero-order valence-corrected chi connectivity index (χ0v) is 7.19. The fourth-order valence-corrected chi connectivity index (χ4v) is 0.762. The minimum absolute atomic E-state index is 0.0757. The first-order valence-electron chi connectivity index (χ1n) is 4.04. The molecule has 0 spiro atoms. The molecule has 0 radical (unpaired) electrons. The quantitative estimate of drug-likeness (QED) is 0.560. The van der Waals surface area contributed by atoms with Crippen molar-refractivity contribution in [2.24, 2.45) is 0 Å². The second-order valence-electron chi connectivity index (χ2n) is 2.50. The first-order chi connectivity index (χ1) is 5.66. The number of hydrogen-bond donors (Lipinski definition) is 0. The summed E-state index contributed by atoms with van der Waals surface area (Å²) in [6, 6.07) is 0.